The lowest BCUT2D eigenvalue weighted by atomic mass is 10.1. The van der Waals surface area contributed by atoms with Gasteiger partial charge < -0.3 is 17.3 Å². The van der Waals surface area contributed by atoms with Gasteiger partial charge in [0.2, 0.25) is 0 Å². The molecule has 0 aliphatic carbocycles. The molecule has 0 heterocycles. The normalized spacial score (nSPS) is 12.2. The Morgan fingerprint density at radius 3 is 2.15 bits per heavy atom. The number of rotatable bonds is 8. The fourth-order valence-electron chi connectivity index (χ4n) is 1.32. The second-order valence-corrected chi connectivity index (χ2v) is 3.94. The number of hydrogen-bond acceptors (Lipinski definition) is 0. The van der Waals surface area contributed by atoms with Crippen molar-refractivity contribution < 1.29 is 17.3 Å². The molecule has 1 unspecified atom stereocenters. The molecule has 82 valence electrons. The fourth-order valence-corrected chi connectivity index (χ4v) is 1.64. The Labute approximate surface area is 94.2 Å². The molecular weight excluding hydrogens is 205 g/mol. The second kappa shape index (κ2) is 12.5. The molecule has 0 aliphatic rings. The number of halogens is 2. The van der Waals surface area contributed by atoms with Crippen LogP contribution in [0.2, 0.25) is 0 Å². The van der Waals surface area contributed by atoms with E-state index in [2.05, 4.69) is 14.0 Å². The summed E-state index contributed by atoms with van der Waals surface area (Å²) in [5.74, 6) is 0.792. The zero-order valence-electron chi connectivity index (χ0n) is 8.91. The predicted molar refractivity (Wildman–Crippen MR) is 56.1 cm³/mol. The number of alkyl halides is 1. The Morgan fingerprint density at radius 1 is 1.00 bits per heavy atom. The van der Waals surface area contributed by atoms with Crippen LogP contribution in [0, 0.1) is 0 Å². The third-order valence-corrected chi connectivity index (χ3v) is 2.42. The van der Waals surface area contributed by atoms with E-state index in [0.717, 1.165) is 12.4 Å². The minimum absolute atomic E-state index is 0. The molecular formula is C10H23Cl2N. The van der Waals surface area contributed by atoms with Crippen LogP contribution in [0.15, 0.2) is 0 Å². The summed E-state index contributed by atoms with van der Waals surface area (Å²) < 4.78 is 0. The van der Waals surface area contributed by atoms with Crippen molar-refractivity contribution in [3.8, 4) is 0 Å². The van der Waals surface area contributed by atoms with E-state index in [1.165, 1.54) is 38.6 Å². The first-order chi connectivity index (χ1) is 5.81. The molecule has 0 amide bonds. The van der Waals surface area contributed by atoms with Crippen LogP contribution in [0.25, 0.3) is 0 Å². The molecule has 1 nitrogen and oxygen atoms in total. The zero-order chi connectivity index (χ0) is 9.23. The Balaban J connectivity index is 0. The maximum absolute atomic E-state index is 5.64. The molecule has 0 saturated carbocycles. The third-order valence-electron chi connectivity index (χ3n) is 2.23. The van der Waals surface area contributed by atoms with E-state index in [0.29, 0.717) is 0 Å². The molecule has 13 heavy (non-hydrogen) atoms. The summed E-state index contributed by atoms with van der Waals surface area (Å²) >= 11 is 5.64. The largest absolute Gasteiger partial charge is 1.00 e. The first-order valence-corrected chi connectivity index (χ1v) is 5.72. The summed E-state index contributed by atoms with van der Waals surface area (Å²) in [6, 6.07) is 0. The molecule has 0 spiro atoms. The van der Waals surface area contributed by atoms with Crippen molar-refractivity contribution in [1.29, 1.82) is 0 Å². The average Bonchev–Trinajstić information content (AvgIpc) is 2.05. The Kier molecular flexibility index (Phi) is 15.4. The highest BCUT2D eigenvalue weighted by atomic mass is 35.5. The van der Waals surface area contributed by atoms with Gasteiger partial charge in [-0.15, -0.1) is 11.6 Å². The van der Waals surface area contributed by atoms with E-state index < -0.39 is 0 Å². The predicted octanol–water partition coefficient (Wildman–Crippen LogP) is -1.29. The monoisotopic (exact) mass is 227 g/mol. The van der Waals surface area contributed by atoms with Gasteiger partial charge in [0.1, 0.15) is 0 Å². The summed E-state index contributed by atoms with van der Waals surface area (Å²) in [5, 5.41) is 0. The number of unbranched alkanes of at least 4 members (excludes halogenated alkanes) is 4. The minimum atomic E-state index is 0. The molecule has 0 saturated heterocycles. The van der Waals surface area contributed by atoms with Crippen molar-refractivity contribution >= 4 is 11.6 Å². The molecule has 0 bridgehead atoms. The zero-order valence-corrected chi connectivity index (χ0v) is 10.4. The Morgan fingerprint density at radius 2 is 1.62 bits per heavy atom. The van der Waals surface area contributed by atoms with Gasteiger partial charge in [0, 0.05) is 0 Å². The summed E-state index contributed by atoms with van der Waals surface area (Å²) in [6.07, 6.45) is 6.90. The lowest BCUT2D eigenvalue weighted by Gasteiger charge is -2.11. The molecule has 0 aliphatic heterocycles. The summed E-state index contributed by atoms with van der Waals surface area (Å²) in [4.78, 5) is 1.57. The Hall–Kier alpha value is 0.540. The molecule has 0 aromatic rings. The topological polar surface area (TPSA) is 4.44 Å². The van der Waals surface area contributed by atoms with E-state index in [1.54, 1.807) is 4.90 Å². The number of nitrogens with one attached hydrogen (secondary N) is 1. The van der Waals surface area contributed by atoms with E-state index in [-0.39, 0.29) is 12.4 Å². The van der Waals surface area contributed by atoms with E-state index >= 15 is 0 Å². The van der Waals surface area contributed by atoms with Crippen LogP contribution < -0.4 is 17.3 Å². The van der Waals surface area contributed by atoms with Crippen LogP contribution in [-0.4, -0.2) is 26.0 Å². The highest BCUT2D eigenvalue weighted by molar-refractivity contribution is 6.17. The van der Waals surface area contributed by atoms with Crippen molar-refractivity contribution in [1.82, 2.24) is 0 Å². The van der Waals surface area contributed by atoms with Crippen LogP contribution in [0.5, 0.6) is 0 Å². The van der Waals surface area contributed by atoms with Crippen LogP contribution in [0.3, 0.4) is 0 Å². The van der Waals surface area contributed by atoms with Crippen LogP contribution in [0.4, 0.5) is 0 Å². The molecule has 0 rings (SSSR count). The van der Waals surface area contributed by atoms with Crippen molar-refractivity contribution in [3.63, 3.8) is 0 Å². The van der Waals surface area contributed by atoms with Crippen molar-refractivity contribution in [3.05, 3.63) is 0 Å². The summed E-state index contributed by atoms with van der Waals surface area (Å²) in [7, 11) is 2.22. The average molecular weight is 228 g/mol. The molecule has 1 atom stereocenters. The summed E-state index contributed by atoms with van der Waals surface area (Å²) in [6.45, 7) is 4.65. The number of quaternary nitrogens is 1. The van der Waals surface area contributed by atoms with Gasteiger partial charge in [-0.1, -0.05) is 26.2 Å². The number of hydrogen-bond donors (Lipinski definition) is 1. The maximum Gasteiger partial charge on any atom is 0.0906 e. The van der Waals surface area contributed by atoms with Crippen LogP contribution in [-0.2, 0) is 0 Å². The molecule has 1 N–H and O–H groups in total. The SMILES string of the molecule is CCCCCCC[NH+](C)CCCl.[Cl-]. The Bertz CT molecular complexity index is 89.0. The van der Waals surface area contributed by atoms with Gasteiger partial charge >= 0.3 is 0 Å². The standard InChI is InChI=1S/C10H22ClN.ClH/c1-3-4-5-6-7-9-12(2)10-8-11;/h3-10H2,1-2H3;1H. The lowest BCUT2D eigenvalue weighted by molar-refractivity contribution is -0.877. The molecule has 0 aromatic heterocycles. The van der Waals surface area contributed by atoms with Gasteiger partial charge in [0.05, 0.1) is 26.0 Å². The molecule has 3 heteroatoms. The maximum atomic E-state index is 5.64. The van der Waals surface area contributed by atoms with Crippen molar-refractivity contribution in [2.45, 2.75) is 39.0 Å². The van der Waals surface area contributed by atoms with Crippen molar-refractivity contribution in [2.75, 3.05) is 26.0 Å². The van der Waals surface area contributed by atoms with E-state index in [1.807, 2.05) is 0 Å². The lowest BCUT2D eigenvalue weighted by Crippen LogP contribution is -3.09. The van der Waals surface area contributed by atoms with E-state index in [4.69, 9.17) is 11.6 Å². The first kappa shape index (κ1) is 16.0. The minimum Gasteiger partial charge on any atom is -1.00 e. The van der Waals surface area contributed by atoms with E-state index in [9.17, 15) is 0 Å². The first-order valence-electron chi connectivity index (χ1n) is 5.18. The van der Waals surface area contributed by atoms with Gasteiger partial charge in [-0.3, -0.25) is 0 Å². The van der Waals surface area contributed by atoms with Crippen molar-refractivity contribution in [2.24, 2.45) is 0 Å². The fraction of sp³-hybridized carbons (Fsp3) is 1.00. The van der Waals surface area contributed by atoms with Crippen LogP contribution >= 0.6 is 11.6 Å². The third kappa shape index (κ3) is 12.5. The molecule has 0 fully saturated rings. The van der Waals surface area contributed by atoms with Gasteiger partial charge in [-0.2, -0.15) is 0 Å². The highest BCUT2D eigenvalue weighted by Gasteiger charge is 1.98. The quantitative estimate of drug-likeness (QED) is 0.390. The van der Waals surface area contributed by atoms with Gasteiger partial charge in [0.25, 0.3) is 0 Å². The van der Waals surface area contributed by atoms with Gasteiger partial charge in [-0.05, 0) is 12.8 Å². The van der Waals surface area contributed by atoms with Gasteiger partial charge in [0.15, 0.2) is 0 Å². The van der Waals surface area contributed by atoms with Crippen LogP contribution in [0.1, 0.15) is 39.0 Å². The summed E-state index contributed by atoms with van der Waals surface area (Å²) in [5.41, 5.74) is 0. The smallest absolute Gasteiger partial charge is 0.0906 e. The molecule has 0 aromatic carbocycles. The second-order valence-electron chi connectivity index (χ2n) is 3.56. The molecule has 0 radical (unpaired) electrons. The highest BCUT2D eigenvalue weighted by Crippen LogP contribution is 2.00. The van der Waals surface area contributed by atoms with Gasteiger partial charge in [-0.25, -0.2) is 0 Å².